The van der Waals surface area contributed by atoms with Crippen LogP contribution in [0.3, 0.4) is 0 Å². The minimum atomic E-state index is -3.53. The zero-order chi connectivity index (χ0) is 15.5. The van der Waals surface area contributed by atoms with E-state index in [1.165, 1.54) is 24.3 Å². The first-order chi connectivity index (χ1) is 10.0. The van der Waals surface area contributed by atoms with Crippen molar-refractivity contribution in [1.82, 2.24) is 4.31 Å². The van der Waals surface area contributed by atoms with Gasteiger partial charge in [0.2, 0.25) is 10.0 Å². The van der Waals surface area contributed by atoms with Crippen LogP contribution in [0.5, 0.6) is 0 Å². The third-order valence-electron chi connectivity index (χ3n) is 4.19. The highest BCUT2D eigenvalue weighted by Crippen LogP contribution is 2.32. The highest BCUT2D eigenvalue weighted by atomic mass is 32.2. The molecule has 1 aliphatic rings. The molecule has 1 aromatic rings. The van der Waals surface area contributed by atoms with Gasteiger partial charge in [-0.15, -0.1) is 0 Å². The fourth-order valence-corrected chi connectivity index (χ4v) is 4.82. The van der Waals surface area contributed by atoms with Gasteiger partial charge >= 0.3 is 0 Å². The summed E-state index contributed by atoms with van der Waals surface area (Å²) in [6, 6.07) is 8.06. The summed E-state index contributed by atoms with van der Waals surface area (Å²) in [5.74, 6) is 0.234. The summed E-state index contributed by atoms with van der Waals surface area (Å²) in [7, 11) is -3.53. The van der Waals surface area contributed by atoms with E-state index >= 15 is 0 Å². The molecule has 0 aromatic heterocycles. The van der Waals surface area contributed by atoms with Gasteiger partial charge in [0.25, 0.3) is 0 Å². The molecular weight excluding hydrogens is 286 g/mol. The van der Waals surface area contributed by atoms with E-state index in [0.29, 0.717) is 18.7 Å². The van der Waals surface area contributed by atoms with Gasteiger partial charge in [-0.3, -0.25) is 0 Å². The van der Waals surface area contributed by atoms with Crippen LogP contribution >= 0.6 is 0 Å². The van der Waals surface area contributed by atoms with Crippen molar-refractivity contribution in [1.29, 1.82) is 5.26 Å². The van der Waals surface area contributed by atoms with Gasteiger partial charge in [-0.25, -0.2) is 8.42 Å². The molecule has 2 rings (SSSR count). The van der Waals surface area contributed by atoms with E-state index in [4.69, 9.17) is 11.0 Å². The van der Waals surface area contributed by atoms with Crippen LogP contribution in [0.25, 0.3) is 0 Å². The summed E-state index contributed by atoms with van der Waals surface area (Å²) < 4.78 is 27.2. The van der Waals surface area contributed by atoms with Crippen LogP contribution in [-0.2, 0) is 10.0 Å². The number of sulfonamides is 1. The molecular formula is C15H21N3O2S. The van der Waals surface area contributed by atoms with Gasteiger partial charge in [0.15, 0.2) is 0 Å². The highest BCUT2D eigenvalue weighted by Gasteiger charge is 2.37. The Bertz CT molecular complexity index is 619. The minimum Gasteiger partial charge on any atom is -0.330 e. The normalized spacial score (nSPS) is 22.4. The Morgan fingerprint density at radius 2 is 2.00 bits per heavy atom. The molecule has 2 atom stereocenters. The SMILES string of the molecule is CCN(C1CCCC1CN)S(=O)(=O)c1ccc(C#N)cc1. The third kappa shape index (κ3) is 3.10. The molecule has 0 saturated heterocycles. The van der Waals surface area contributed by atoms with Crippen molar-refractivity contribution in [3.63, 3.8) is 0 Å². The average molecular weight is 307 g/mol. The molecule has 1 aromatic carbocycles. The topological polar surface area (TPSA) is 87.2 Å². The standard InChI is InChI=1S/C15H21N3O2S/c1-2-18(15-5-3-4-13(15)11-17)21(19,20)14-8-6-12(10-16)7-9-14/h6-9,13,15H,2-5,11,17H2,1H3. The van der Waals surface area contributed by atoms with Crippen molar-refractivity contribution in [2.75, 3.05) is 13.1 Å². The van der Waals surface area contributed by atoms with Crippen LogP contribution in [0.1, 0.15) is 31.7 Å². The lowest BCUT2D eigenvalue weighted by molar-refractivity contribution is 0.276. The van der Waals surface area contributed by atoms with Crippen molar-refractivity contribution < 1.29 is 8.42 Å². The molecule has 1 saturated carbocycles. The van der Waals surface area contributed by atoms with Crippen LogP contribution in [0, 0.1) is 17.2 Å². The zero-order valence-corrected chi connectivity index (χ0v) is 13.0. The minimum absolute atomic E-state index is 0.0133. The molecule has 2 unspecified atom stereocenters. The van der Waals surface area contributed by atoms with Gasteiger partial charge in [0, 0.05) is 12.6 Å². The molecule has 1 fully saturated rings. The summed E-state index contributed by atoms with van der Waals surface area (Å²) >= 11 is 0. The van der Waals surface area contributed by atoms with Gasteiger partial charge in [0.05, 0.1) is 16.5 Å². The number of benzene rings is 1. The summed E-state index contributed by atoms with van der Waals surface area (Å²) in [6.07, 6.45) is 2.87. The smallest absolute Gasteiger partial charge is 0.243 e. The van der Waals surface area contributed by atoms with E-state index in [-0.39, 0.29) is 16.9 Å². The van der Waals surface area contributed by atoms with E-state index in [0.717, 1.165) is 19.3 Å². The second kappa shape index (κ2) is 6.56. The van der Waals surface area contributed by atoms with Crippen molar-refractivity contribution in [3.05, 3.63) is 29.8 Å². The van der Waals surface area contributed by atoms with Crippen LogP contribution in [-0.4, -0.2) is 31.9 Å². The molecule has 114 valence electrons. The van der Waals surface area contributed by atoms with Crippen molar-refractivity contribution >= 4 is 10.0 Å². The number of nitriles is 1. The Kier molecular flexibility index (Phi) is 4.99. The Morgan fingerprint density at radius 1 is 1.33 bits per heavy atom. The summed E-state index contributed by atoms with van der Waals surface area (Å²) in [4.78, 5) is 0.242. The molecule has 0 aliphatic heterocycles. The maximum atomic E-state index is 12.8. The van der Waals surface area contributed by atoms with Gasteiger partial charge in [-0.2, -0.15) is 9.57 Å². The molecule has 6 heteroatoms. The monoisotopic (exact) mass is 307 g/mol. The third-order valence-corrected chi connectivity index (χ3v) is 6.21. The zero-order valence-electron chi connectivity index (χ0n) is 12.2. The summed E-state index contributed by atoms with van der Waals surface area (Å²) in [6.45, 7) is 2.81. The lowest BCUT2D eigenvalue weighted by Crippen LogP contribution is -2.43. The van der Waals surface area contributed by atoms with E-state index in [1.807, 2.05) is 13.0 Å². The molecule has 0 spiro atoms. The Hall–Kier alpha value is -1.42. The highest BCUT2D eigenvalue weighted by molar-refractivity contribution is 7.89. The van der Waals surface area contributed by atoms with Gasteiger partial charge in [-0.1, -0.05) is 13.3 Å². The molecule has 1 aliphatic carbocycles. The van der Waals surface area contributed by atoms with Crippen LogP contribution < -0.4 is 5.73 Å². The first-order valence-corrected chi connectivity index (χ1v) is 8.70. The molecule has 21 heavy (non-hydrogen) atoms. The molecule has 0 bridgehead atoms. The fourth-order valence-electron chi connectivity index (χ4n) is 3.09. The summed E-state index contributed by atoms with van der Waals surface area (Å²) in [5.41, 5.74) is 6.24. The number of nitrogens with two attached hydrogens (primary N) is 1. The van der Waals surface area contributed by atoms with E-state index in [9.17, 15) is 8.42 Å². The number of nitrogens with zero attached hydrogens (tertiary/aromatic N) is 2. The first-order valence-electron chi connectivity index (χ1n) is 7.26. The quantitative estimate of drug-likeness (QED) is 0.897. The maximum absolute atomic E-state index is 12.8. The van der Waals surface area contributed by atoms with E-state index < -0.39 is 10.0 Å². The lowest BCUT2D eigenvalue weighted by Gasteiger charge is -2.30. The predicted molar refractivity (Wildman–Crippen MR) is 80.9 cm³/mol. The molecule has 5 nitrogen and oxygen atoms in total. The summed E-state index contributed by atoms with van der Waals surface area (Å²) in [5, 5.41) is 8.80. The van der Waals surface area contributed by atoms with Crippen molar-refractivity contribution in [2.45, 2.75) is 37.1 Å². The van der Waals surface area contributed by atoms with Crippen LogP contribution in [0.2, 0.25) is 0 Å². The first kappa shape index (κ1) is 16.0. The molecule has 2 N–H and O–H groups in total. The van der Waals surface area contributed by atoms with Crippen molar-refractivity contribution in [3.8, 4) is 6.07 Å². The fraction of sp³-hybridized carbons (Fsp3) is 0.533. The number of hydrogen-bond donors (Lipinski definition) is 1. The second-order valence-corrected chi connectivity index (χ2v) is 7.23. The van der Waals surface area contributed by atoms with Gasteiger partial charge in [-0.05, 0) is 49.6 Å². The lowest BCUT2D eigenvalue weighted by atomic mass is 10.0. The van der Waals surface area contributed by atoms with Gasteiger partial charge in [0.1, 0.15) is 0 Å². The Morgan fingerprint density at radius 3 is 2.52 bits per heavy atom. The Labute approximate surface area is 126 Å². The average Bonchev–Trinajstić information content (AvgIpc) is 2.96. The van der Waals surface area contributed by atoms with E-state index in [1.54, 1.807) is 4.31 Å². The maximum Gasteiger partial charge on any atom is 0.243 e. The van der Waals surface area contributed by atoms with Gasteiger partial charge < -0.3 is 5.73 Å². The second-order valence-electron chi connectivity index (χ2n) is 5.34. The largest absolute Gasteiger partial charge is 0.330 e. The van der Waals surface area contributed by atoms with Crippen molar-refractivity contribution in [2.24, 2.45) is 11.7 Å². The molecule has 0 radical (unpaired) electrons. The Balaban J connectivity index is 2.33. The molecule has 0 amide bonds. The molecule has 0 heterocycles. The predicted octanol–water partition coefficient (Wildman–Crippen LogP) is 1.70. The van der Waals surface area contributed by atoms with Crippen LogP contribution in [0.4, 0.5) is 0 Å². The van der Waals surface area contributed by atoms with Crippen LogP contribution in [0.15, 0.2) is 29.2 Å². The number of rotatable bonds is 5. The number of hydrogen-bond acceptors (Lipinski definition) is 4. The van der Waals surface area contributed by atoms with E-state index in [2.05, 4.69) is 0 Å².